The average Bonchev–Trinajstić information content (AvgIpc) is 2.99. The molecule has 5 heteroatoms. The van der Waals surface area contributed by atoms with Crippen molar-refractivity contribution in [2.24, 2.45) is 5.10 Å². The van der Waals surface area contributed by atoms with E-state index in [-0.39, 0.29) is 12.6 Å². The maximum Gasteiger partial charge on any atom is 0.0947 e. The number of hydrogen-bond donors (Lipinski definition) is 2. The molecule has 1 aliphatic rings. The molecule has 2 atom stereocenters. The number of aromatic nitrogens is 1. The van der Waals surface area contributed by atoms with Crippen LogP contribution in [0.15, 0.2) is 53.8 Å². The highest BCUT2D eigenvalue weighted by Crippen LogP contribution is 2.31. The van der Waals surface area contributed by atoms with Crippen LogP contribution in [0.5, 0.6) is 0 Å². The second-order valence-electron chi connectivity index (χ2n) is 5.60. The zero-order chi connectivity index (χ0) is 16.7. The van der Waals surface area contributed by atoms with Gasteiger partial charge in [0.05, 0.1) is 36.7 Å². The normalized spacial score (nSPS) is 19.2. The van der Waals surface area contributed by atoms with Crippen LogP contribution in [0.3, 0.4) is 0 Å². The van der Waals surface area contributed by atoms with Gasteiger partial charge < -0.3 is 10.2 Å². The van der Waals surface area contributed by atoms with Crippen molar-refractivity contribution in [2.45, 2.75) is 38.3 Å². The first-order valence-corrected chi connectivity index (χ1v) is 8.01. The molecule has 5 nitrogen and oxygen atoms in total. The number of allylic oxidation sites excluding steroid dienone is 2. The van der Waals surface area contributed by atoms with Gasteiger partial charge in [-0.2, -0.15) is 5.10 Å². The lowest BCUT2D eigenvalue weighted by atomic mass is 9.97. The molecular formula is C18H25N3O2. The first kappa shape index (κ1) is 17.4. The third kappa shape index (κ3) is 4.50. The Morgan fingerprint density at radius 1 is 1.52 bits per heavy atom. The summed E-state index contributed by atoms with van der Waals surface area (Å²) in [6.07, 6.45) is 7.26. The molecule has 1 aromatic heterocycles. The van der Waals surface area contributed by atoms with E-state index in [0.717, 1.165) is 17.8 Å². The molecule has 0 spiro atoms. The summed E-state index contributed by atoms with van der Waals surface area (Å²) >= 11 is 0. The molecule has 0 saturated carbocycles. The van der Waals surface area contributed by atoms with Crippen molar-refractivity contribution in [3.05, 3.63) is 54.4 Å². The summed E-state index contributed by atoms with van der Waals surface area (Å²) in [4.78, 5) is 4.39. The lowest BCUT2D eigenvalue weighted by molar-refractivity contribution is 0.170. The number of nitrogens with zero attached hydrogens (tertiary/aromatic N) is 3. The largest absolute Gasteiger partial charge is 0.394 e. The van der Waals surface area contributed by atoms with E-state index in [0.29, 0.717) is 25.0 Å². The second kappa shape index (κ2) is 8.60. The zero-order valence-corrected chi connectivity index (χ0v) is 13.6. The summed E-state index contributed by atoms with van der Waals surface area (Å²) in [7, 11) is 0. The Labute approximate surface area is 137 Å². The average molecular weight is 315 g/mol. The maximum atomic E-state index is 10.3. The van der Waals surface area contributed by atoms with Crippen molar-refractivity contribution >= 4 is 5.71 Å². The Morgan fingerprint density at radius 2 is 2.35 bits per heavy atom. The first-order valence-electron chi connectivity index (χ1n) is 8.01. The molecular weight excluding hydrogens is 290 g/mol. The molecule has 2 N–H and O–H groups in total. The van der Waals surface area contributed by atoms with Crippen molar-refractivity contribution in [3.63, 3.8) is 0 Å². The van der Waals surface area contributed by atoms with E-state index in [1.807, 2.05) is 42.3 Å². The highest BCUT2D eigenvalue weighted by molar-refractivity contribution is 6.01. The van der Waals surface area contributed by atoms with Crippen LogP contribution in [0, 0.1) is 0 Å². The molecule has 2 rings (SSSR count). The van der Waals surface area contributed by atoms with Gasteiger partial charge in [0.15, 0.2) is 0 Å². The Morgan fingerprint density at radius 3 is 3.00 bits per heavy atom. The van der Waals surface area contributed by atoms with Gasteiger partial charge in [0.25, 0.3) is 0 Å². The van der Waals surface area contributed by atoms with Gasteiger partial charge in [-0.05, 0) is 37.5 Å². The number of β-amino-alcohol motifs (C(OH)–C–C–N with tert-alkyl or cyclic N) is 1. The van der Waals surface area contributed by atoms with Gasteiger partial charge in [-0.25, -0.2) is 0 Å². The van der Waals surface area contributed by atoms with Crippen LogP contribution in [0.1, 0.15) is 37.9 Å². The molecule has 2 unspecified atom stereocenters. The smallest absolute Gasteiger partial charge is 0.0947 e. The van der Waals surface area contributed by atoms with E-state index >= 15 is 0 Å². The summed E-state index contributed by atoms with van der Waals surface area (Å²) < 4.78 is 0. The SMILES string of the molecule is C=C(C1=NN(CCO)C(c2ccccn2)C1)C(O)CC/C=C\C. The van der Waals surface area contributed by atoms with Crippen molar-refractivity contribution in [1.29, 1.82) is 0 Å². The predicted octanol–water partition coefficient (Wildman–Crippen LogP) is 2.45. The van der Waals surface area contributed by atoms with Gasteiger partial charge in [0.2, 0.25) is 0 Å². The van der Waals surface area contributed by atoms with E-state index in [1.54, 1.807) is 6.20 Å². The van der Waals surface area contributed by atoms with Gasteiger partial charge in [-0.3, -0.25) is 9.99 Å². The standard InChI is InChI=1S/C18H25N3O2/c1-3-4-5-9-18(23)14(2)16-13-17(21(20-16)11-12-22)15-8-6-7-10-19-15/h3-4,6-8,10,17-18,22-23H,2,5,9,11-13H2,1H3/b4-3-. The van der Waals surface area contributed by atoms with Crippen LogP contribution in [-0.4, -0.2) is 45.2 Å². The molecule has 0 saturated heterocycles. The summed E-state index contributed by atoms with van der Waals surface area (Å²) in [5, 5.41) is 25.9. The Kier molecular flexibility index (Phi) is 6.50. The molecule has 0 radical (unpaired) electrons. The molecule has 1 aliphatic heterocycles. The fraction of sp³-hybridized carbons (Fsp3) is 0.444. The van der Waals surface area contributed by atoms with Crippen molar-refractivity contribution in [3.8, 4) is 0 Å². The minimum absolute atomic E-state index is 0.0159. The minimum Gasteiger partial charge on any atom is -0.394 e. The van der Waals surface area contributed by atoms with E-state index in [9.17, 15) is 10.2 Å². The van der Waals surface area contributed by atoms with E-state index in [1.165, 1.54) is 0 Å². The third-order valence-corrected chi connectivity index (χ3v) is 3.97. The van der Waals surface area contributed by atoms with Crippen molar-refractivity contribution < 1.29 is 10.2 Å². The Hall–Kier alpha value is -1.98. The molecule has 0 fully saturated rings. The molecule has 0 bridgehead atoms. The minimum atomic E-state index is -0.594. The molecule has 23 heavy (non-hydrogen) atoms. The highest BCUT2D eigenvalue weighted by atomic mass is 16.3. The zero-order valence-electron chi connectivity index (χ0n) is 13.6. The van der Waals surface area contributed by atoms with Gasteiger partial charge in [-0.15, -0.1) is 0 Å². The van der Waals surface area contributed by atoms with Crippen LogP contribution < -0.4 is 0 Å². The lowest BCUT2D eigenvalue weighted by Crippen LogP contribution is -2.23. The van der Waals surface area contributed by atoms with Crippen molar-refractivity contribution in [2.75, 3.05) is 13.2 Å². The van der Waals surface area contributed by atoms with Gasteiger partial charge in [-0.1, -0.05) is 24.8 Å². The molecule has 2 heterocycles. The van der Waals surface area contributed by atoms with Crippen LogP contribution in [0.2, 0.25) is 0 Å². The van der Waals surface area contributed by atoms with E-state index in [4.69, 9.17) is 0 Å². The number of aliphatic hydroxyl groups is 2. The van der Waals surface area contributed by atoms with Crippen LogP contribution in [-0.2, 0) is 0 Å². The number of aliphatic hydroxyl groups excluding tert-OH is 2. The highest BCUT2D eigenvalue weighted by Gasteiger charge is 2.31. The van der Waals surface area contributed by atoms with Gasteiger partial charge in [0.1, 0.15) is 0 Å². The third-order valence-electron chi connectivity index (χ3n) is 3.97. The topological polar surface area (TPSA) is 69.0 Å². The lowest BCUT2D eigenvalue weighted by Gasteiger charge is -2.21. The molecule has 0 aliphatic carbocycles. The quantitative estimate of drug-likeness (QED) is 0.723. The van der Waals surface area contributed by atoms with Crippen LogP contribution in [0.25, 0.3) is 0 Å². The number of hydrogen-bond acceptors (Lipinski definition) is 5. The molecule has 1 aromatic rings. The van der Waals surface area contributed by atoms with Gasteiger partial charge >= 0.3 is 0 Å². The molecule has 124 valence electrons. The molecule has 0 amide bonds. The molecule has 0 aromatic carbocycles. The Bertz CT molecular complexity index is 569. The second-order valence-corrected chi connectivity index (χ2v) is 5.60. The van der Waals surface area contributed by atoms with Gasteiger partial charge in [0, 0.05) is 12.6 Å². The van der Waals surface area contributed by atoms with Crippen LogP contribution >= 0.6 is 0 Å². The number of pyridine rings is 1. The summed E-state index contributed by atoms with van der Waals surface area (Å²) in [6, 6.07) is 5.76. The fourth-order valence-electron chi connectivity index (χ4n) is 2.68. The van der Waals surface area contributed by atoms with Crippen molar-refractivity contribution in [1.82, 2.24) is 9.99 Å². The number of hydrazone groups is 1. The summed E-state index contributed by atoms with van der Waals surface area (Å²) in [5.74, 6) is 0. The Balaban J connectivity index is 2.08. The monoisotopic (exact) mass is 315 g/mol. The van der Waals surface area contributed by atoms with Crippen LogP contribution in [0.4, 0.5) is 0 Å². The van der Waals surface area contributed by atoms with E-state index in [2.05, 4.69) is 16.7 Å². The summed E-state index contributed by atoms with van der Waals surface area (Å²) in [5.41, 5.74) is 2.37. The fourth-order valence-corrected chi connectivity index (χ4v) is 2.68. The van der Waals surface area contributed by atoms with E-state index < -0.39 is 6.10 Å². The maximum absolute atomic E-state index is 10.3. The first-order chi connectivity index (χ1) is 11.2. The summed E-state index contributed by atoms with van der Waals surface area (Å²) in [6.45, 7) is 6.45. The number of rotatable bonds is 8. The predicted molar refractivity (Wildman–Crippen MR) is 92.0 cm³/mol.